The second-order valence-corrected chi connectivity index (χ2v) is 4.30. The first-order valence-electron chi connectivity index (χ1n) is 6.30. The second-order valence-electron chi connectivity index (χ2n) is 4.30. The summed E-state index contributed by atoms with van der Waals surface area (Å²) in [7, 11) is 0. The summed E-state index contributed by atoms with van der Waals surface area (Å²) in [4.78, 5) is 11.3. The minimum absolute atomic E-state index is 0.181. The van der Waals surface area contributed by atoms with Crippen LogP contribution in [-0.2, 0) is 16.0 Å². The zero-order chi connectivity index (χ0) is 14.5. The number of hydrogen-bond acceptors (Lipinski definition) is 2. The highest BCUT2D eigenvalue weighted by Gasteiger charge is 2.08. The standard InChI is InChI=1S/C16H14F2O2/c1-2-20-16(19)9-11-3-5-12(6-4-11)14-8-7-13(17)10-15(14)18/h3-8,10H,2,9H2,1H3. The number of rotatable bonds is 4. The van der Waals surface area contributed by atoms with Crippen LogP contribution in [0.4, 0.5) is 8.78 Å². The van der Waals surface area contributed by atoms with E-state index < -0.39 is 11.6 Å². The molecule has 0 atom stereocenters. The average Bonchev–Trinajstić information content (AvgIpc) is 2.40. The van der Waals surface area contributed by atoms with E-state index in [1.807, 2.05) is 0 Å². The Bertz CT molecular complexity index is 606. The molecule has 2 rings (SSSR count). The van der Waals surface area contributed by atoms with Crippen molar-refractivity contribution in [2.75, 3.05) is 6.61 Å². The third-order valence-corrected chi connectivity index (χ3v) is 2.85. The van der Waals surface area contributed by atoms with Crippen LogP contribution < -0.4 is 0 Å². The van der Waals surface area contributed by atoms with Gasteiger partial charge in [-0.05, 0) is 30.2 Å². The summed E-state index contributed by atoms with van der Waals surface area (Å²) in [6.07, 6.45) is 0.181. The van der Waals surface area contributed by atoms with Gasteiger partial charge in [-0.25, -0.2) is 8.78 Å². The van der Waals surface area contributed by atoms with Gasteiger partial charge in [0.05, 0.1) is 13.0 Å². The minimum atomic E-state index is -0.608. The maximum absolute atomic E-state index is 13.6. The molecule has 0 aliphatic rings. The Kier molecular flexibility index (Phi) is 4.45. The van der Waals surface area contributed by atoms with Gasteiger partial charge in [-0.2, -0.15) is 0 Å². The van der Waals surface area contributed by atoms with E-state index in [9.17, 15) is 13.6 Å². The van der Waals surface area contributed by atoms with Gasteiger partial charge >= 0.3 is 5.97 Å². The molecule has 0 saturated carbocycles. The molecule has 0 aliphatic heterocycles. The van der Waals surface area contributed by atoms with E-state index in [-0.39, 0.29) is 12.4 Å². The summed E-state index contributed by atoms with van der Waals surface area (Å²) < 4.78 is 31.3. The summed E-state index contributed by atoms with van der Waals surface area (Å²) >= 11 is 0. The molecule has 2 aromatic carbocycles. The molecule has 2 nitrogen and oxygen atoms in total. The van der Waals surface area contributed by atoms with Gasteiger partial charge in [0.1, 0.15) is 11.6 Å². The van der Waals surface area contributed by atoms with E-state index >= 15 is 0 Å². The highest BCUT2D eigenvalue weighted by Crippen LogP contribution is 2.23. The lowest BCUT2D eigenvalue weighted by atomic mass is 10.0. The number of benzene rings is 2. The van der Waals surface area contributed by atoms with Crippen molar-refractivity contribution in [3.63, 3.8) is 0 Å². The number of hydrogen-bond donors (Lipinski definition) is 0. The highest BCUT2D eigenvalue weighted by atomic mass is 19.1. The summed E-state index contributed by atoms with van der Waals surface area (Å²) in [6, 6.07) is 10.3. The number of carbonyl (C=O) groups is 1. The van der Waals surface area contributed by atoms with Crippen LogP contribution in [0, 0.1) is 11.6 Å². The normalized spacial score (nSPS) is 10.3. The third-order valence-electron chi connectivity index (χ3n) is 2.85. The van der Waals surface area contributed by atoms with Crippen molar-refractivity contribution in [1.82, 2.24) is 0 Å². The summed E-state index contributed by atoms with van der Waals surface area (Å²) in [6.45, 7) is 2.09. The number of halogens is 2. The van der Waals surface area contributed by atoms with Crippen LogP contribution in [0.2, 0.25) is 0 Å². The number of carbonyl (C=O) groups excluding carboxylic acids is 1. The summed E-state index contributed by atoms with van der Waals surface area (Å²) in [5.41, 5.74) is 1.75. The minimum Gasteiger partial charge on any atom is -0.466 e. The first-order chi connectivity index (χ1) is 9.60. The number of ether oxygens (including phenoxy) is 1. The van der Waals surface area contributed by atoms with Gasteiger partial charge in [0.15, 0.2) is 0 Å². The number of esters is 1. The van der Waals surface area contributed by atoms with E-state index in [2.05, 4.69) is 0 Å². The highest BCUT2D eigenvalue weighted by molar-refractivity contribution is 5.73. The lowest BCUT2D eigenvalue weighted by Crippen LogP contribution is -2.07. The van der Waals surface area contributed by atoms with Crippen LogP contribution in [0.3, 0.4) is 0 Å². The van der Waals surface area contributed by atoms with Crippen LogP contribution in [-0.4, -0.2) is 12.6 Å². The monoisotopic (exact) mass is 276 g/mol. The van der Waals surface area contributed by atoms with Gasteiger partial charge in [-0.3, -0.25) is 4.79 Å². The summed E-state index contributed by atoms with van der Waals surface area (Å²) in [5.74, 6) is -1.51. The first kappa shape index (κ1) is 14.2. The Morgan fingerprint density at radius 1 is 1.10 bits per heavy atom. The molecule has 0 spiro atoms. The Balaban J connectivity index is 2.17. The molecular weight excluding hydrogens is 262 g/mol. The molecule has 0 N–H and O–H groups in total. The van der Waals surface area contributed by atoms with E-state index in [4.69, 9.17) is 4.74 Å². The van der Waals surface area contributed by atoms with Crippen molar-refractivity contribution in [2.24, 2.45) is 0 Å². The Labute approximate surface area is 116 Å². The van der Waals surface area contributed by atoms with Crippen LogP contribution >= 0.6 is 0 Å². The molecule has 0 bridgehead atoms. The zero-order valence-corrected chi connectivity index (χ0v) is 11.0. The molecule has 0 aliphatic carbocycles. The van der Waals surface area contributed by atoms with Crippen molar-refractivity contribution in [1.29, 1.82) is 0 Å². The topological polar surface area (TPSA) is 26.3 Å². The molecule has 0 fully saturated rings. The Hall–Kier alpha value is -2.23. The Morgan fingerprint density at radius 2 is 1.80 bits per heavy atom. The van der Waals surface area contributed by atoms with E-state index in [1.54, 1.807) is 31.2 Å². The van der Waals surface area contributed by atoms with E-state index in [0.717, 1.165) is 11.6 Å². The maximum Gasteiger partial charge on any atom is 0.310 e. The maximum atomic E-state index is 13.6. The van der Waals surface area contributed by atoms with Crippen molar-refractivity contribution in [3.05, 3.63) is 59.7 Å². The van der Waals surface area contributed by atoms with Crippen LogP contribution in [0.1, 0.15) is 12.5 Å². The predicted molar refractivity (Wildman–Crippen MR) is 72.1 cm³/mol. The van der Waals surface area contributed by atoms with E-state index in [1.165, 1.54) is 12.1 Å². The fourth-order valence-electron chi connectivity index (χ4n) is 1.90. The van der Waals surface area contributed by atoms with Crippen LogP contribution in [0.15, 0.2) is 42.5 Å². The molecule has 2 aromatic rings. The predicted octanol–water partition coefficient (Wildman–Crippen LogP) is 3.74. The van der Waals surface area contributed by atoms with Gasteiger partial charge in [0.2, 0.25) is 0 Å². The lowest BCUT2D eigenvalue weighted by Gasteiger charge is -2.06. The molecule has 20 heavy (non-hydrogen) atoms. The van der Waals surface area contributed by atoms with E-state index in [0.29, 0.717) is 17.7 Å². The van der Waals surface area contributed by atoms with Gasteiger partial charge in [-0.15, -0.1) is 0 Å². The largest absolute Gasteiger partial charge is 0.466 e. The molecular formula is C16H14F2O2. The summed E-state index contributed by atoms with van der Waals surface area (Å²) in [5, 5.41) is 0. The fraction of sp³-hybridized carbons (Fsp3) is 0.188. The molecule has 4 heteroatoms. The van der Waals surface area contributed by atoms with Crippen LogP contribution in [0.5, 0.6) is 0 Å². The Morgan fingerprint density at radius 3 is 2.40 bits per heavy atom. The van der Waals surface area contributed by atoms with Gasteiger partial charge in [0, 0.05) is 11.6 Å². The average molecular weight is 276 g/mol. The van der Waals surface area contributed by atoms with Crippen molar-refractivity contribution < 1.29 is 18.3 Å². The van der Waals surface area contributed by atoms with Crippen molar-refractivity contribution >= 4 is 5.97 Å². The molecule has 0 amide bonds. The fourth-order valence-corrected chi connectivity index (χ4v) is 1.90. The third kappa shape index (κ3) is 3.41. The second kappa shape index (κ2) is 6.28. The van der Waals surface area contributed by atoms with Gasteiger partial charge in [-0.1, -0.05) is 24.3 Å². The molecule has 104 valence electrons. The SMILES string of the molecule is CCOC(=O)Cc1ccc(-c2ccc(F)cc2F)cc1. The molecule has 0 saturated heterocycles. The van der Waals surface area contributed by atoms with Crippen LogP contribution in [0.25, 0.3) is 11.1 Å². The van der Waals surface area contributed by atoms with Gasteiger partial charge < -0.3 is 4.74 Å². The molecule has 0 unspecified atom stereocenters. The lowest BCUT2D eigenvalue weighted by molar-refractivity contribution is -0.142. The van der Waals surface area contributed by atoms with Crippen molar-refractivity contribution in [3.8, 4) is 11.1 Å². The first-order valence-corrected chi connectivity index (χ1v) is 6.30. The molecule has 0 radical (unpaired) electrons. The van der Waals surface area contributed by atoms with Gasteiger partial charge in [0.25, 0.3) is 0 Å². The molecule has 0 aromatic heterocycles. The molecule has 0 heterocycles. The van der Waals surface area contributed by atoms with Crippen molar-refractivity contribution in [2.45, 2.75) is 13.3 Å². The zero-order valence-electron chi connectivity index (χ0n) is 11.0. The smallest absolute Gasteiger partial charge is 0.310 e. The quantitative estimate of drug-likeness (QED) is 0.795.